The van der Waals surface area contributed by atoms with Crippen molar-refractivity contribution >= 4 is 28.5 Å². The van der Waals surface area contributed by atoms with Gasteiger partial charge in [0.05, 0.1) is 11.0 Å². The second kappa shape index (κ2) is 8.00. The van der Waals surface area contributed by atoms with E-state index >= 15 is 0 Å². The Labute approximate surface area is 181 Å². The van der Waals surface area contributed by atoms with Crippen LogP contribution in [0.1, 0.15) is 41.2 Å². The number of hydrogen-bond acceptors (Lipinski definition) is 2. The molecule has 0 unspecified atom stereocenters. The quantitative estimate of drug-likeness (QED) is 0.452. The Hall–Kier alpha value is -3.05. The van der Waals surface area contributed by atoms with Gasteiger partial charge in [-0.15, -0.1) is 0 Å². The summed E-state index contributed by atoms with van der Waals surface area (Å²) in [5.41, 5.74) is 6.70. The molecule has 154 valence electrons. The first kappa shape index (κ1) is 20.2. The van der Waals surface area contributed by atoms with Crippen LogP contribution in [0, 0.1) is 13.8 Å². The van der Waals surface area contributed by atoms with Crippen LogP contribution < -0.4 is 0 Å². The highest BCUT2D eigenvalue weighted by atomic mass is 35.5. The molecule has 1 amide bonds. The highest BCUT2D eigenvalue weighted by molar-refractivity contribution is 6.29. The number of aromatic amines is 1. The van der Waals surface area contributed by atoms with Crippen molar-refractivity contribution in [2.24, 2.45) is 0 Å². The lowest BCUT2D eigenvalue weighted by Gasteiger charge is -2.27. The second-order valence-corrected chi connectivity index (χ2v) is 8.21. The Kier molecular flexibility index (Phi) is 5.39. The summed E-state index contributed by atoms with van der Waals surface area (Å²) < 4.78 is 2.23. The van der Waals surface area contributed by atoms with E-state index < -0.39 is 0 Å². The maximum atomic E-state index is 13.4. The van der Waals surface area contributed by atoms with Gasteiger partial charge >= 0.3 is 0 Å². The average Bonchev–Trinajstić information content (AvgIpc) is 3.23. The number of carbonyl (C=O) groups excluding carboxylic acids is 1. The molecule has 2 heterocycles. The standard InChI is InChI=1S/C24H25ClN4O/c1-15(2)28(23(30)18-10-11-21-22(13-18)27-24(25)26-21)14-19-12-16(3)29(17(19)4)20-8-6-5-7-9-20/h5-13,15H,14H2,1-4H3,(H,26,27). The van der Waals surface area contributed by atoms with Crippen molar-refractivity contribution in [1.29, 1.82) is 0 Å². The van der Waals surface area contributed by atoms with Gasteiger partial charge in [0, 0.05) is 35.2 Å². The number of nitrogens with one attached hydrogen (secondary N) is 1. The largest absolute Gasteiger partial charge is 0.332 e. The number of para-hydroxylation sites is 1. The Morgan fingerprint density at radius 1 is 1.13 bits per heavy atom. The van der Waals surface area contributed by atoms with Gasteiger partial charge in [0.25, 0.3) is 5.91 Å². The normalized spacial score (nSPS) is 11.4. The number of nitrogens with zero attached hydrogens (tertiary/aromatic N) is 3. The molecule has 2 aromatic heterocycles. The number of carbonyl (C=O) groups is 1. The van der Waals surface area contributed by atoms with E-state index in [-0.39, 0.29) is 11.9 Å². The molecule has 0 aliphatic carbocycles. The van der Waals surface area contributed by atoms with Crippen molar-refractivity contribution in [2.45, 2.75) is 40.3 Å². The third kappa shape index (κ3) is 3.73. The van der Waals surface area contributed by atoms with Gasteiger partial charge in [0.2, 0.25) is 5.28 Å². The van der Waals surface area contributed by atoms with E-state index in [1.807, 2.05) is 55.1 Å². The topological polar surface area (TPSA) is 53.9 Å². The van der Waals surface area contributed by atoms with Crippen molar-refractivity contribution in [3.63, 3.8) is 0 Å². The summed E-state index contributed by atoms with van der Waals surface area (Å²) in [4.78, 5) is 22.5. The van der Waals surface area contributed by atoms with Crippen LogP contribution in [-0.4, -0.2) is 31.4 Å². The van der Waals surface area contributed by atoms with Gasteiger partial charge < -0.3 is 14.5 Å². The molecule has 2 aromatic carbocycles. The molecule has 1 N–H and O–H groups in total. The van der Waals surface area contributed by atoms with Crippen LogP contribution in [0.15, 0.2) is 54.6 Å². The highest BCUT2D eigenvalue weighted by Gasteiger charge is 2.22. The van der Waals surface area contributed by atoms with Gasteiger partial charge in [0.1, 0.15) is 0 Å². The first-order valence-corrected chi connectivity index (χ1v) is 10.4. The number of aromatic nitrogens is 3. The van der Waals surface area contributed by atoms with Gasteiger partial charge in [-0.25, -0.2) is 4.98 Å². The molecule has 0 aliphatic heterocycles. The van der Waals surface area contributed by atoms with Crippen molar-refractivity contribution in [3.8, 4) is 5.69 Å². The van der Waals surface area contributed by atoms with E-state index in [9.17, 15) is 4.79 Å². The SMILES string of the molecule is Cc1cc(CN(C(=O)c2ccc3nc(Cl)[nH]c3c2)C(C)C)c(C)n1-c1ccccc1. The smallest absolute Gasteiger partial charge is 0.254 e. The highest BCUT2D eigenvalue weighted by Crippen LogP contribution is 2.24. The Balaban J connectivity index is 1.66. The van der Waals surface area contributed by atoms with Crippen LogP contribution in [0.2, 0.25) is 5.28 Å². The first-order chi connectivity index (χ1) is 14.3. The fraction of sp³-hybridized carbons (Fsp3) is 0.250. The van der Waals surface area contributed by atoms with Crippen molar-refractivity contribution < 1.29 is 4.79 Å². The predicted molar refractivity (Wildman–Crippen MR) is 121 cm³/mol. The minimum Gasteiger partial charge on any atom is -0.332 e. The lowest BCUT2D eigenvalue weighted by Crippen LogP contribution is -2.36. The molecule has 4 rings (SSSR count). The maximum absolute atomic E-state index is 13.4. The lowest BCUT2D eigenvalue weighted by molar-refractivity contribution is 0.0690. The summed E-state index contributed by atoms with van der Waals surface area (Å²) in [7, 11) is 0. The molecular weight excluding hydrogens is 396 g/mol. The minimum absolute atomic E-state index is 0.0119. The number of fused-ring (bicyclic) bond motifs is 1. The molecule has 30 heavy (non-hydrogen) atoms. The molecule has 0 atom stereocenters. The Bertz CT molecular complexity index is 1210. The molecule has 0 spiro atoms. The molecule has 0 saturated carbocycles. The van der Waals surface area contributed by atoms with Gasteiger partial charge in [-0.3, -0.25) is 4.79 Å². The van der Waals surface area contributed by atoms with Crippen LogP contribution in [-0.2, 0) is 6.54 Å². The number of rotatable bonds is 5. The van der Waals surface area contributed by atoms with Crippen LogP contribution in [0.5, 0.6) is 0 Å². The van der Waals surface area contributed by atoms with E-state index in [1.54, 1.807) is 0 Å². The van der Waals surface area contributed by atoms with E-state index in [0.29, 0.717) is 17.4 Å². The summed E-state index contributed by atoms with van der Waals surface area (Å²) in [6.45, 7) is 8.84. The summed E-state index contributed by atoms with van der Waals surface area (Å²) in [6.07, 6.45) is 0. The first-order valence-electron chi connectivity index (χ1n) is 10.0. The number of amides is 1. The molecule has 0 bridgehead atoms. The van der Waals surface area contributed by atoms with Gasteiger partial charge in [-0.1, -0.05) is 18.2 Å². The summed E-state index contributed by atoms with van der Waals surface area (Å²) in [5.74, 6) is -0.0119. The Morgan fingerprint density at radius 3 is 2.57 bits per heavy atom. The summed E-state index contributed by atoms with van der Waals surface area (Å²) >= 11 is 5.96. The van der Waals surface area contributed by atoms with Gasteiger partial charge in [0.15, 0.2) is 0 Å². The van der Waals surface area contributed by atoms with Crippen LogP contribution in [0.4, 0.5) is 0 Å². The molecule has 6 heteroatoms. The van der Waals surface area contributed by atoms with E-state index in [2.05, 4.69) is 46.6 Å². The molecule has 5 nitrogen and oxygen atoms in total. The van der Waals surface area contributed by atoms with E-state index in [4.69, 9.17) is 11.6 Å². The van der Waals surface area contributed by atoms with Gasteiger partial charge in [-0.2, -0.15) is 0 Å². The van der Waals surface area contributed by atoms with Crippen LogP contribution >= 0.6 is 11.6 Å². The fourth-order valence-corrected chi connectivity index (χ4v) is 4.11. The third-order valence-electron chi connectivity index (χ3n) is 5.48. The number of aryl methyl sites for hydroxylation is 1. The fourth-order valence-electron chi connectivity index (χ4n) is 3.91. The number of H-pyrrole nitrogens is 1. The third-order valence-corrected chi connectivity index (χ3v) is 5.65. The molecule has 0 fully saturated rings. The van der Waals surface area contributed by atoms with Gasteiger partial charge in [-0.05, 0) is 81.3 Å². The molecule has 0 aliphatic rings. The minimum atomic E-state index is -0.0119. The number of benzene rings is 2. The van der Waals surface area contributed by atoms with E-state index in [0.717, 1.165) is 33.7 Å². The number of halogens is 1. The number of imidazole rings is 1. The average molecular weight is 421 g/mol. The van der Waals surface area contributed by atoms with Crippen molar-refractivity contribution in [1.82, 2.24) is 19.4 Å². The molecule has 0 radical (unpaired) electrons. The number of hydrogen-bond donors (Lipinski definition) is 1. The lowest BCUT2D eigenvalue weighted by atomic mass is 10.1. The predicted octanol–water partition coefficient (Wildman–Crippen LogP) is 5.67. The molecular formula is C24H25ClN4O. The van der Waals surface area contributed by atoms with Crippen LogP contribution in [0.3, 0.4) is 0 Å². The Morgan fingerprint density at radius 2 is 1.87 bits per heavy atom. The van der Waals surface area contributed by atoms with Crippen molar-refractivity contribution in [3.05, 3.63) is 82.4 Å². The maximum Gasteiger partial charge on any atom is 0.254 e. The summed E-state index contributed by atoms with van der Waals surface area (Å²) in [6, 6.07) is 18.0. The monoisotopic (exact) mass is 420 g/mol. The zero-order valence-electron chi connectivity index (χ0n) is 17.6. The zero-order valence-corrected chi connectivity index (χ0v) is 18.4. The molecule has 4 aromatic rings. The van der Waals surface area contributed by atoms with Crippen LogP contribution in [0.25, 0.3) is 16.7 Å². The second-order valence-electron chi connectivity index (χ2n) is 7.85. The summed E-state index contributed by atoms with van der Waals surface area (Å²) in [5, 5.41) is 0.323. The molecule has 0 saturated heterocycles. The van der Waals surface area contributed by atoms with E-state index in [1.165, 1.54) is 0 Å². The van der Waals surface area contributed by atoms with Crippen molar-refractivity contribution in [2.75, 3.05) is 0 Å². The zero-order chi connectivity index (χ0) is 21.4.